The summed E-state index contributed by atoms with van der Waals surface area (Å²) in [5.41, 5.74) is 16.5. The van der Waals surface area contributed by atoms with Gasteiger partial charge in [-0.1, -0.05) is 60.7 Å². The fourth-order valence-electron chi connectivity index (χ4n) is 3.84. The van der Waals surface area contributed by atoms with Gasteiger partial charge in [0.15, 0.2) is 0 Å². The molecule has 2 nitrogen and oxygen atoms in total. The molecule has 110 valence electrons. The fourth-order valence-corrected chi connectivity index (χ4v) is 3.84. The van der Waals surface area contributed by atoms with E-state index in [9.17, 15) is 0 Å². The van der Waals surface area contributed by atoms with Crippen molar-refractivity contribution in [2.75, 3.05) is 0 Å². The van der Waals surface area contributed by atoms with Gasteiger partial charge in [-0.3, -0.25) is 0 Å². The summed E-state index contributed by atoms with van der Waals surface area (Å²) in [6.07, 6.45) is 0. The molecule has 0 aliphatic heterocycles. The van der Waals surface area contributed by atoms with Crippen LogP contribution < -0.4 is 11.5 Å². The Bertz CT molecular complexity index is 1090. The fraction of sp³-hybridized carbons (Fsp3) is 0.0476. The Morgan fingerprint density at radius 1 is 0.609 bits per heavy atom. The lowest BCUT2D eigenvalue weighted by atomic mass is 9.96. The topological polar surface area (TPSA) is 52.0 Å². The van der Waals surface area contributed by atoms with Gasteiger partial charge in [-0.05, 0) is 55.9 Å². The zero-order chi connectivity index (χ0) is 15.6. The van der Waals surface area contributed by atoms with Crippen LogP contribution in [0.1, 0.15) is 11.1 Å². The van der Waals surface area contributed by atoms with Crippen LogP contribution in [0.15, 0.2) is 72.8 Å². The second-order valence-corrected chi connectivity index (χ2v) is 6.32. The van der Waals surface area contributed by atoms with Crippen molar-refractivity contribution in [3.8, 4) is 11.1 Å². The van der Waals surface area contributed by atoms with Crippen molar-refractivity contribution < 1.29 is 0 Å². The van der Waals surface area contributed by atoms with Crippen molar-refractivity contribution in [3.05, 3.63) is 83.9 Å². The molecule has 2 heteroatoms. The van der Waals surface area contributed by atoms with Gasteiger partial charge in [0, 0.05) is 0 Å². The van der Waals surface area contributed by atoms with Gasteiger partial charge >= 0.3 is 0 Å². The van der Waals surface area contributed by atoms with Gasteiger partial charge in [0.2, 0.25) is 0 Å². The molecule has 0 fully saturated rings. The molecule has 0 atom stereocenters. The zero-order valence-corrected chi connectivity index (χ0v) is 12.6. The highest BCUT2D eigenvalue weighted by Gasteiger charge is 2.37. The van der Waals surface area contributed by atoms with Gasteiger partial charge in [0.1, 0.15) is 5.66 Å². The van der Waals surface area contributed by atoms with E-state index in [0.717, 1.165) is 16.7 Å². The lowest BCUT2D eigenvalue weighted by molar-refractivity contribution is 0.585. The summed E-state index contributed by atoms with van der Waals surface area (Å²) in [7, 11) is 0. The molecule has 23 heavy (non-hydrogen) atoms. The van der Waals surface area contributed by atoms with Gasteiger partial charge in [-0.15, -0.1) is 0 Å². The Kier molecular flexibility index (Phi) is 2.34. The highest BCUT2D eigenvalue weighted by atomic mass is 15.0. The van der Waals surface area contributed by atoms with E-state index in [2.05, 4.69) is 66.7 Å². The molecule has 4 aromatic rings. The molecule has 0 unspecified atom stereocenters. The first-order valence-electron chi connectivity index (χ1n) is 7.80. The average Bonchev–Trinajstić information content (AvgIpc) is 2.81. The van der Waals surface area contributed by atoms with Crippen LogP contribution in [0.25, 0.3) is 32.7 Å². The third-order valence-electron chi connectivity index (χ3n) is 4.98. The number of hydrogen-bond donors (Lipinski definition) is 2. The summed E-state index contributed by atoms with van der Waals surface area (Å²) in [6, 6.07) is 25.3. The molecule has 1 aliphatic carbocycles. The molecule has 0 heterocycles. The lowest BCUT2D eigenvalue weighted by Gasteiger charge is -2.21. The van der Waals surface area contributed by atoms with Crippen LogP contribution in [0.3, 0.4) is 0 Å². The zero-order valence-electron chi connectivity index (χ0n) is 12.6. The highest BCUT2D eigenvalue weighted by molar-refractivity contribution is 6.04. The molecule has 0 spiro atoms. The van der Waals surface area contributed by atoms with Crippen LogP contribution in [0, 0.1) is 0 Å². The first-order chi connectivity index (χ1) is 11.2. The summed E-state index contributed by atoms with van der Waals surface area (Å²) < 4.78 is 0. The van der Waals surface area contributed by atoms with E-state index in [1.54, 1.807) is 0 Å². The Labute approximate surface area is 134 Å². The normalized spacial score (nSPS) is 14.9. The Morgan fingerprint density at radius 2 is 1.26 bits per heavy atom. The molecular weight excluding hydrogens is 280 g/mol. The van der Waals surface area contributed by atoms with Crippen LogP contribution in [0.4, 0.5) is 0 Å². The Morgan fingerprint density at radius 3 is 2.04 bits per heavy atom. The predicted molar refractivity (Wildman–Crippen MR) is 96.0 cm³/mol. The highest BCUT2D eigenvalue weighted by Crippen LogP contribution is 2.47. The summed E-state index contributed by atoms with van der Waals surface area (Å²) in [6.45, 7) is 0. The minimum absolute atomic E-state index is 0.946. The Hall–Kier alpha value is -2.68. The van der Waals surface area contributed by atoms with Gasteiger partial charge in [0.25, 0.3) is 0 Å². The van der Waals surface area contributed by atoms with Gasteiger partial charge in [-0.2, -0.15) is 0 Å². The molecule has 4 N–H and O–H groups in total. The van der Waals surface area contributed by atoms with Crippen LogP contribution in [-0.4, -0.2) is 0 Å². The molecule has 0 saturated carbocycles. The number of nitrogens with two attached hydrogens (primary N) is 2. The SMILES string of the molecule is NC1(N)c2cc3ccccc3cc2-c2c1ccc1ccccc21. The maximum Gasteiger partial charge on any atom is 0.118 e. The maximum absolute atomic E-state index is 6.56. The van der Waals surface area contributed by atoms with E-state index in [-0.39, 0.29) is 0 Å². The average molecular weight is 296 g/mol. The molecule has 0 aromatic heterocycles. The largest absolute Gasteiger partial charge is 0.306 e. The molecule has 0 bridgehead atoms. The Balaban J connectivity index is 1.99. The van der Waals surface area contributed by atoms with Crippen LogP contribution >= 0.6 is 0 Å². The molecule has 4 aromatic carbocycles. The third kappa shape index (κ3) is 1.59. The summed E-state index contributed by atoms with van der Waals surface area (Å²) in [5.74, 6) is 0. The van der Waals surface area contributed by atoms with E-state index in [4.69, 9.17) is 11.5 Å². The van der Waals surface area contributed by atoms with Crippen LogP contribution in [0.5, 0.6) is 0 Å². The second kappa shape index (κ2) is 4.19. The third-order valence-corrected chi connectivity index (χ3v) is 4.98. The number of benzene rings is 4. The van der Waals surface area contributed by atoms with E-state index < -0.39 is 5.66 Å². The van der Waals surface area contributed by atoms with E-state index in [1.807, 2.05) is 6.07 Å². The van der Waals surface area contributed by atoms with Crippen molar-refractivity contribution >= 4 is 21.5 Å². The molecule has 5 rings (SSSR count). The lowest BCUT2D eigenvalue weighted by Crippen LogP contribution is -2.45. The quantitative estimate of drug-likeness (QED) is 0.480. The molecule has 0 radical (unpaired) electrons. The minimum Gasteiger partial charge on any atom is -0.306 e. The predicted octanol–water partition coefficient (Wildman–Crippen LogP) is 4.09. The minimum atomic E-state index is -0.946. The summed E-state index contributed by atoms with van der Waals surface area (Å²) >= 11 is 0. The maximum atomic E-state index is 6.56. The van der Waals surface area contributed by atoms with Gasteiger partial charge in [0.05, 0.1) is 0 Å². The number of fused-ring (bicyclic) bond motifs is 6. The first-order valence-corrected chi connectivity index (χ1v) is 7.80. The standard InChI is InChI=1S/C21H16N2/c22-21(23)18-10-9-13-5-3-4-8-16(13)20(18)17-11-14-6-1-2-7-15(14)12-19(17)21/h1-12H,22-23H2. The van der Waals surface area contributed by atoms with Crippen molar-refractivity contribution in [2.45, 2.75) is 5.66 Å². The molecule has 1 aliphatic rings. The van der Waals surface area contributed by atoms with Gasteiger partial charge < -0.3 is 11.5 Å². The van der Waals surface area contributed by atoms with Crippen molar-refractivity contribution in [1.29, 1.82) is 0 Å². The molecular formula is C21H16N2. The van der Waals surface area contributed by atoms with E-state index in [0.29, 0.717) is 0 Å². The summed E-state index contributed by atoms with van der Waals surface area (Å²) in [5, 5.41) is 4.80. The smallest absolute Gasteiger partial charge is 0.118 e. The van der Waals surface area contributed by atoms with Crippen LogP contribution in [0.2, 0.25) is 0 Å². The number of rotatable bonds is 0. The monoisotopic (exact) mass is 296 g/mol. The molecule has 0 saturated heterocycles. The van der Waals surface area contributed by atoms with Gasteiger partial charge in [-0.25, -0.2) is 0 Å². The van der Waals surface area contributed by atoms with Crippen molar-refractivity contribution in [3.63, 3.8) is 0 Å². The van der Waals surface area contributed by atoms with E-state index >= 15 is 0 Å². The second-order valence-electron chi connectivity index (χ2n) is 6.32. The van der Waals surface area contributed by atoms with Crippen molar-refractivity contribution in [1.82, 2.24) is 0 Å². The van der Waals surface area contributed by atoms with Crippen LogP contribution in [-0.2, 0) is 5.66 Å². The first kappa shape index (κ1) is 12.8. The molecule has 0 amide bonds. The summed E-state index contributed by atoms with van der Waals surface area (Å²) in [4.78, 5) is 0. The van der Waals surface area contributed by atoms with Crippen molar-refractivity contribution in [2.24, 2.45) is 11.5 Å². The van der Waals surface area contributed by atoms with E-state index in [1.165, 1.54) is 27.1 Å². The number of hydrogen-bond acceptors (Lipinski definition) is 2.